The zero-order chi connectivity index (χ0) is 13.2. The molecule has 1 aromatic rings. The lowest BCUT2D eigenvalue weighted by atomic mass is 10.00. The van der Waals surface area contributed by atoms with E-state index in [2.05, 4.69) is 43.2 Å². The van der Waals surface area contributed by atoms with Crippen molar-refractivity contribution in [2.24, 2.45) is 5.84 Å². The Labute approximate surface area is 111 Å². The minimum atomic E-state index is 0.386. The van der Waals surface area contributed by atoms with Crippen molar-refractivity contribution in [3.63, 3.8) is 0 Å². The zero-order valence-corrected chi connectivity index (χ0v) is 11.5. The van der Waals surface area contributed by atoms with Gasteiger partial charge in [0.1, 0.15) is 0 Å². The van der Waals surface area contributed by atoms with Crippen LogP contribution in [0.15, 0.2) is 36.9 Å². The van der Waals surface area contributed by atoms with Gasteiger partial charge in [0.25, 0.3) is 0 Å². The molecular formula is C16H26N2. The quantitative estimate of drug-likeness (QED) is 0.303. The van der Waals surface area contributed by atoms with Crippen molar-refractivity contribution < 1.29 is 0 Å². The number of unbranched alkanes of at least 4 members (excludes halogenated alkanes) is 3. The van der Waals surface area contributed by atoms with Crippen LogP contribution < -0.4 is 11.3 Å². The summed E-state index contributed by atoms with van der Waals surface area (Å²) in [5.41, 5.74) is 5.60. The number of hydrogen-bond acceptors (Lipinski definition) is 2. The predicted molar refractivity (Wildman–Crippen MR) is 79.3 cm³/mol. The van der Waals surface area contributed by atoms with E-state index in [1.54, 1.807) is 0 Å². The number of benzene rings is 1. The van der Waals surface area contributed by atoms with Crippen molar-refractivity contribution in [1.29, 1.82) is 0 Å². The molecule has 0 amide bonds. The number of nitrogens with two attached hydrogens (primary N) is 1. The van der Waals surface area contributed by atoms with Crippen molar-refractivity contribution in [1.82, 2.24) is 5.43 Å². The Morgan fingerprint density at radius 1 is 1.22 bits per heavy atom. The molecule has 2 heteroatoms. The van der Waals surface area contributed by atoms with Gasteiger partial charge in [-0.3, -0.25) is 11.3 Å². The molecule has 0 aliphatic carbocycles. The smallest absolute Gasteiger partial charge is 0.0250 e. The van der Waals surface area contributed by atoms with Gasteiger partial charge in [0.2, 0.25) is 0 Å². The lowest BCUT2D eigenvalue weighted by Gasteiger charge is -2.15. The summed E-state index contributed by atoms with van der Waals surface area (Å²) in [6.45, 7) is 5.85. The lowest BCUT2D eigenvalue weighted by Crippen LogP contribution is -2.36. The van der Waals surface area contributed by atoms with Crippen LogP contribution in [-0.2, 0) is 6.42 Å². The summed E-state index contributed by atoms with van der Waals surface area (Å²) in [6.07, 6.45) is 9.00. The molecule has 1 aromatic carbocycles. The molecule has 0 fully saturated rings. The predicted octanol–water partition coefficient (Wildman–Crippen LogP) is 3.51. The second-order valence-electron chi connectivity index (χ2n) is 4.98. The van der Waals surface area contributed by atoms with E-state index in [0.29, 0.717) is 6.04 Å². The van der Waals surface area contributed by atoms with E-state index in [4.69, 9.17) is 5.84 Å². The van der Waals surface area contributed by atoms with E-state index >= 15 is 0 Å². The molecule has 1 atom stereocenters. The first-order valence-electron chi connectivity index (χ1n) is 6.89. The average molecular weight is 246 g/mol. The summed E-state index contributed by atoms with van der Waals surface area (Å²) in [5.74, 6) is 5.63. The van der Waals surface area contributed by atoms with Crippen LogP contribution in [-0.4, -0.2) is 6.04 Å². The Kier molecular flexibility index (Phi) is 7.38. The minimum absolute atomic E-state index is 0.386. The molecular weight excluding hydrogens is 220 g/mol. The Morgan fingerprint density at radius 2 is 1.94 bits per heavy atom. The van der Waals surface area contributed by atoms with E-state index in [9.17, 15) is 0 Å². The highest BCUT2D eigenvalue weighted by molar-refractivity contribution is 5.22. The van der Waals surface area contributed by atoms with Crippen LogP contribution in [0, 0.1) is 6.92 Å². The highest BCUT2D eigenvalue weighted by Gasteiger charge is 2.07. The fraction of sp³-hybridized carbons (Fsp3) is 0.500. The molecule has 100 valence electrons. The molecule has 0 aromatic heterocycles. The van der Waals surface area contributed by atoms with Gasteiger partial charge in [0.15, 0.2) is 0 Å². The zero-order valence-electron chi connectivity index (χ0n) is 11.5. The maximum atomic E-state index is 5.63. The first-order chi connectivity index (χ1) is 8.76. The Balaban J connectivity index is 2.28. The van der Waals surface area contributed by atoms with E-state index in [1.165, 1.54) is 30.4 Å². The summed E-state index contributed by atoms with van der Waals surface area (Å²) in [6, 6.07) is 9.09. The highest BCUT2D eigenvalue weighted by Crippen LogP contribution is 2.11. The van der Waals surface area contributed by atoms with Gasteiger partial charge in [-0.2, -0.15) is 0 Å². The van der Waals surface area contributed by atoms with Crippen molar-refractivity contribution in [2.45, 2.75) is 51.5 Å². The van der Waals surface area contributed by atoms with Crippen molar-refractivity contribution in [3.05, 3.63) is 48.0 Å². The van der Waals surface area contributed by atoms with E-state index in [1.807, 2.05) is 6.08 Å². The summed E-state index contributed by atoms with van der Waals surface area (Å²) in [7, 11) is 0. The normalized spacial score (nSPS) is 12.3. The van der Waals surface area contributed by atoms with Crippen molar-refractivity contribution in [2.75, 3.05) is 0 Å². The maximum absolute atomic E-state index is 5.63. The van der Waals surface area contributed by atoms with Crippen molar-refractivity contribution in [3.8, 4) is 0 Å². The van der Waals surface area contributed by atoms with Crippen LogP contribution in [0.3, 0.4) is 0 Å². The third-order valence-electron chi connectivity index (χ3n) is 3.30. The van der Waals surface area contributed by atoms with Gasteiger partial charge < -0.3 is 0 Å². The van der Waals surface area contributed by atoms with Gasteiger partial charge in [-0.25, -0.2) is 0 Å². The highest BCUT2D eigenvalue weighted by atomic mass is 15.2. The minimum Gasteiger partial charge on any atom is -0.271 e. The van der Waals surface area contributed by atoms with E-state index in [0.717, 1.165) is 19.3 Å². The third-order valence-corrected chi connectivity index (χ3v) is 3.30. The number of aryl methyl sites for hydroxylation is 1. The summed E-state index contributed by atoms with van der Waals surface area (Å²) in [5, 5.41) is 0. The average Bonchev–Trinajstić information content (AvgIpc) is 2.39. The monoisotopic (exact) mass is 246 g/mol. The van der Waals surface area contributed by atoms with Crippen LogP contribution in [0.5, 0.6) is 0 Å². The van der Waals surface area contributed by atoms with Gasteiger partial charge in [-0.1, -0.05) is 48.7 Å². The van der Waals surface area contributed by atoms with Gasteiger partial charge in [0, 0.05) is 6.04 Å². The molecule has 1 unspecified atom stereocenters. The van der Waals surface area contributed by atoms with Crippen LogP contribution in [0.1, 0.15) is 43.2 Å². The number of nitrogens with one attached hydrogen (secondary N) is 1. The Bertz CT molecular complexity index is 329. The number of rotatable bonds is 9. The molecule has 0 heterocycles. The van der Waals surface area contributed by atoms with Gasteiger partial charge >= 0.3 is 0 Å². The number of allylic oxidation sites excluding steroid dienone is 1. The molecule has 0 saturated carbocycles. The topological polar surface area (TPSA) is 38.0 Å². The van der Waals surface area contributed by atoms with Crippen LogP contribution in [0.25, 0.3) is 0 Å². The van der Waals surface area contributed by atoms with Crippen LogP contribution >= 0.6 is 0 Å². The molecule has 0 aliphatic heterocycles. The second-order valence-corrected chi connectivity index (χ2v) is 4.98. The molecule has 3 N–H and O–H groups in total. The maximum Gasteiger partial charge on any atom is 0.0250 e. The fourth-order valence-corrected chi connectivity index (χ4v) is 2.11. The number of hydrazine groups is 1. The SMILES string of the molecule is C=CCCCCCC(Cc1ccc(C)cc1)NN. The molecule has 0 aliphatic rings. The summed E-state index contributed by atoms with van der Waals surface area (Å²) in [4.78, 5) is 0. The molecule has 0 radical (unpaired) electrons. The van der Waals surface area contributed by atoms with Crippen LogP contribution in [0.4, 0.5) is 0 Å². The van der Waals surface area contributed by atoms with Gasteiger partial charge in [0.05, 0.1) is 0 Å². The number of hydrogen-bond donors (Lipinski definition) is 2. The Hall–Kier alpha value is -1.12. The summed E-state index contributed by atoms with van der Waals surface area (Å²) < 4.78 is 0. The van der Waals surface area contributed by atoms with E-state index < -0.39 is 0 Å². The molecule has 0 saturated heterocycles. The lowest BCUT2D eigenvalue weighted by molar-refractivity contribution is 0.464. The van der Waals surface area contributed by atoms with Crippen LogP contribution in [0.2, 0.25) is 0 Å². The fourth-order valence-electron chi connectivity index (χ4n) is 2.11. The molecule has 1 rings (SSSR count). The molecule has 2 nitrogen and oxygen atoms in total. The van der Waals surface area contributed by atoms with Gasteiger partial charge in [-0.15, -0.1) is 6.58 Å². The molecule has 0 spiro atoms. The largest absolute Gasteiger partial charge is 0.271 e. The molecule has 18 heavy (non-hydrogen) atoms. The van der Waals surface area contributed by atoms with Gasteiger partial charge in [-0.05, 0) is 38.2 Å². The summed E-state index contributed by atoms with van der Waals surface area (Å²) >= 11 is 0. The van der Waals surface area contributed by atoms with E-state index in [-0.39, 0.29) is 0 Å². The first kappa shape index (κ1) is 14.9. The van der Waals surface area contributed by atoms with Crippen molar-refractivity contribution >= 4 is 0 Å². The molecule has 0 bridgehead atoms. The Morgan fingerprint density at radius 3 is 2.56 bits per heavy atom. The standard InChI is InChI=1S/C16H26N2/c1-3-4-5-6-7-8-16(18-17)13-15-11-9-14(2)10-12-15/h3,9-12,16,18H,1,4-8,13,17H2,2H3. The third kappa shape index (κ3) is 5.99. The first-order valence-corrected chi connectivity index (χ1v) is 6.89. The second kappa shape index (κ2) is 8.90.